The zero-order valence-corrected chi connectivity index (χ0v) is 20.2. The van der Waals surface area contributed by atoms with Crippen molar-refractivity contribution >= 4 is 39.1 Å². The maximum absolute atomic E-state index is 13.1. The van der Waals surface area contributed by atoms with Gasteiger partial charge in [-0.3, -0.25) is 9.36 Å². The third-order valence-electron chi connectivity index (χ3n) is 5.46. The van der Waals surface area contributed by atoms with Crippen molar-refractivity contribution in [2.24, 2.45) is 0 Å². The maximum Gasteiger partial charge on any atom is 0.422 e. The monoisotopic (exact) mass is 521 g/mol. The topological polar surface area (TPSA) is 69.9 Å². The SMILES string of the molecule is CCOC(=O)Cc1ccc(-n2cc3c(OCC)c4ccccc4c(OCC(F)(F)F)c3c2O)c(Cl)c1. The molecular weight excluding hydrogens is 499 g/mol. The number of carbonyl (C=O) groups excluding carboxylic acids is 1. The van der Waals surface area contributed by atoms with Gasteiger partial charge in [-0.2, -0.15) is 13.2 Å². The summed E-state index contributed by atoms with van der Waals surface area (Å²) in [6, 6.07) is 11.6. The number of aromatic hydroxyl groups is 1. The minimum Gasteiger partial charge on any atom is -0.494 e. The highest BCUT2D eigenvalue weighted by molar-refractivity contribution is 6.32. The molecule has 0 atom stereocenters. The first-order valence-electron chi connectivity index (χ1n) is 11.2. The van der Waals surface area contributed by atoms with Crippen molar-refractivity contribution in [1.29, 1.82) is 0 Å². The number of carbonyl (C=O) groups is 1. The Hall–Kier alpha value is -3.59. The molecule has 0 aliphatic rings. The van der Waals surface area contributed by atoms with Crippen molar-refractivity contribution < 1.29 is 37.3 Å². The second-order valence-corrected chi connectivity index (χ2v) is 8.33. The van der Waals surface area contributed by atoms with E-state index in [1.54, 1.807) is 56.3 Å². The van der Waals surface area contributed by atoms with E-state index in [2.05, 4.69) is 0 Å². The van der Waals surface area contributed by atoms with E-state index >= 15 is 0 Å². The number of nitrogens with zero attached hydrogens (tertiary/aromatic N) is 1. The quantitative estimate of drug-likeness (QED) is 0.265. The van der Waals surface area contributed by atoms with Crippen LogP contribution in [-0.4, -0.2) is 41.6 Å². The summed E-state index contributed by atoms with van der Waals surface area (Å²) in [5, 5.41) is 12.8. The van der Waals surface area contributed by atoms with Crippen LogP contribution in [0.3, 0.4) is 0 Å². The Kier molecular flexibility index (Phi) is 7.21. The van der Waals surface area contributed by atoms with E-state index in [4.69, 9.17) is 25.8 Å². The van der Waals surface area contributed by atoms with Gasteiger partial charge in [-0.15, -0.1) is 0 Å². The molecule has 36 heavy (non-hydrogen) atoms. The number of rotatable bonds is 8. The van der Waals surface area contributed by atoms with Crippen LogP contribution in [0.5, 0.6) is 17.4 Å². The highest BCUT2D eigenvalue weighted by atomic mass is 35.5. The van der Waals surface area contributed by atoms with Crippen LogP contribution >= 0.6 is 11.6 Å². The molecule has 190 valence electrons. The number of benzene rings is 3. The Labute approximate surface area is 209 Å². The highest BCUT2D eigenvalue weighted by Gasteiger charge is 2.31. The fourth-order valence-electron chi connectivity index (χ4n) is 4.07. The standard InChI is InChI=1S/C26H23ClF3NO5/c1-3-34-21(32)12-15-9-10-20(19(27)11-15)31-13-18-22(25(31)33)24(36-14-26(28,29)30)17-8-6-5-7-16(17)23(18)35-4-2/h5-11,13,33H,3-4,12,14H2,1-2H3. The van der Waals surface area contributed by atoms with Crippen LogP contribution in [0.2, 0.25) is 5.02 Å². The van der Waals surface area contributed by atoms with Gasteiger partial charge in [0.2, 0.25) is 5.88 Å². The van der Waals surface area contributed by atoms with Gasteiger partial charge in [0, 0.05) is 17.0 Å². The summed E-state index contributed by atoms with van der Waals surface area (Å²) in [4.78, 5) is 11.8. The Morgan fingerprint density at radius 3 is 2.31 bits per heavy atom. The molecule has 0 aliphatic carbocycles. The lowest BCUT2D eigenvalue weighted by Gasteiger charge is -2.16. The summed E-state index contributed by atoms with van der Waals surface area (Å²) in [5.41, 5.74) is 0.958. The molecular formula is C26H23ClF3NO5. The minimum atomic E-state index is -4.58. The fourth-order valence-corrected chi connectivity index (χ4v) is 4.37. The molecule has 0 spiro atoms. The molecule has 4 rings (SSSR count). The van der Waals surface area contributed by atoms with E-state index < -0.39 is 18.8 Å². The molecule has 0 saturated carbocycles. The third-order valence-corrected chi connectivity index (χ3v) is 5.76. The maximum atomic E-state index is 13.1. The molecule has 10 heteroatoms. The first-order chi connectivity index (χ1) is 17.1. The molecule has 4 aromatic rings. The largest absolute Gasteiger partial charge is 0.494 e. The molecule has 6 nitrogen and oxygen atoms in total. The summed E-state index contributed by atoms with van der Waals surface area (Å²) in [6.45, 7) is 2.50. The number of hydrogen-bond donors (Lipinski definition) is 1. The van der Waals surface area contributed by atoms with Crippen LogP contribution < -0.4 is 9.47 Å². The highest BCUT2D eigenvalue weighted by Crippen LogP contribution is 2.48. The summed E-state index contributed by atoms with van der Waals surface area (Å²) in [7, 11) is 0. The second kappa shape index (κ2) is 10.2. The van der Waals surface area contributed by atoms with Crippen molar-refractivity contribution in [1.82, 2.24) is 4.57 Å². The van der Waals surface area contributed by atoms with Crippen LogP contribution in [0, 0.1) is 0 Å². The van der Waals surface area contributed by atoms with Gasteiger partial charge in [0.15, 0.2) is 6.61 Å². The Morgan fingerprint density at radius 1 is 1.00 bits per heavy atom. The number of halogens is 4. The lowest BCUT2D eigenvalue weighted by Crippen LogP contribution is -2.19. The van der Waals surface area contributed by atoms with Crippen LogP contribution in [0.1, 0.15) is 19.4 Å². The lowest BCUT2D eigenvalue weighted by molar-refractivity contribution is -0.153. The van der Waals surface area contributed by atoms with Crippen LogP contribution in [0.25, 0.3) is 27.2 Å². The predicted molar refractivity (Wildman–Crippen MR) is 131 cm³/mol. The van der Waals surface area contributed by atoms with Crippen molar-refractivity contribution in [2.45, 2.75) is 26.4 Å². The number of ether oxygens (including phenoxy) is 3. The number of hydrogen-bond acceptors (Lipinski definition) is 5. The van der Waals surface area contributed by atoms with Gasteiger partial charge < -0.3 is 19.3 Å². The van der Waals surface area contributed by atoms with E-state index in [1.165, 1.54) is 10.8 Å². The number of aromatic nitrogens is 1. The molecule has 0 bridgehead atoms. The number of esters is 1. The van der Waals surface area contributed by atoms with Crippen molar-refractivity contribution in [3.8, 4) is 23.1 Å². The second-order valence-electron chi connectivity index (χ2n) is 7.92. The summed E-state index contributed by atoms with van der Waals surface area (Å²) < 4.78 is 56.6. The molecule has 1 aromatic heterocycles. The van der Waals surface area contributed by atoms with Crippen molar-refractivity contribution in [2.75, 3.05) is 19.8 Å². The summed E-state index contributed by atoms with van der Waals surface area (Å²) >= 11 is 6.50. The summed E-state index contributed by atoms with van der Waals surface area (Å²) in [6.07, 6.45) is -3.03. The molecule has 0 aliphatic heterocycles. The molecule has 0 amide bonds. The van der Waals surface area contributed by atoms with Gasteiger partial charge in [0.25, 0.3) is 0 Å². The zero-order chi connectivity index (χ0) is 26.0. The summed E-state index contributed by atoms with van der Waals surface area (Å²) in [5.74, 6) is -0.497. The molecule has 1 heterocycles. The molecule has 0 saturated heterocycles. The van der Waals surface area contributed by atoms with E-state index in [0.29, 0.717) is 33.2 Å². The molecule has 0 fully saturated rings. The minimum absolute atomic E-state index is 0.0167. The van der Waals surface area contributed by atoms with Crippen molar-refractivity contribution in [3.05, 3.63) is 59.2 Å². The van der Waals surface area contributed by atoms with Gasteiger partial charge in [0.05, 0.1) is 41.1 Å². The van der Waals surface area contributed by atoms with Gasteiger partial charge in [-0.25, -0.2) is 0 Å². The van der Waals surface area contributed by atoms with Crippen LogP contribution in [0.4, 0.5) is 13.2 Å². The molecule has 0 radical (unpaired) electrons. The van der Waals surface area contributed by atoms with E-state index in [0.717, 1.165) is 0 Å². The Morgan fingerprint density at radius 2 is 1.69 bits per heavy atom. The molecule has 3 aromatic carbocycles. The van der Waals surface area contributed by atoms with Gasteiger partial charge in [0.1, 0.15) is 11.5 Å². The Balaban J connectivity index is 1.92. The van der Waals surface area contributed by atoms with E-state index in [1.807, 2.05) is 0 Å². The average Bonchev–Trinajstić information content (AvgIpc) is 3.15. The number of alkyl halides is 3. The van der Waals surface area contributed by atoms with Crippen molar-refractivity contribution in [3.63, 3.8) is 0 Å². The first kappa shape index (κ1) is 25.5. The normalized spacial score (nSPS) is 11.7. The lowest BCUT2D eigenvalue weighted by atomic mass is 10.0. The van der Waals surface area contributed by atoms with E-state index in [-0.39, 0.29) is 41.7 Å². The van der Waals surface area contributed by atoms with Crippen LogP contribution in [0.15, 0.2) is 48.7 Å². The van der Waals surface area contributed by atoms with E-state index in [9.17, 15) is 23.1 Å². The molecule has 0 unspecified atom stereocenters. The van der Waals surface area contributed by atoms with Gasteiger partial charge in [-0.1, -0.05) is 41.9 Å². The zero-order valence-electron chi connectivity index (χ0n) is 19.5. The first-order valence-corrected chi connectivity index (χ1v) is 11.6. The Bertz CT molecular complexity index is 1430. The molecule has 1 N–H and O–H groups in total. The fraction of sp³-hybridized carbons (Fsp3) is 0.269. The van der Waals surface area contributed by atoms with Gasteiger partial charge >= 0.3 is 12.1 Å². The third kappa shape index (κ3) is 5.02. The number of fused-ring (bicyclic) bond motifs is 2. The predicted octanol–water partition coefficient (Wildman–Crippen LogP) is 6.59. The van der Waals surface area contributed by atoms with Crippen LogP contribution in [-0.2, 0) is 16.0 Å². The average molecular weight is 522 g/mol. The van der Waals surface area contributed by atoms with Gasteiger partial charge in [-0.05, 0) is 31.5 Å². The smallest absolute Gasteiger partial charge is 0.422 e.